The molecule has 0 aliphatic carbocycles. The number of carbonyl (C=O) groups is 1. The number of nitrogens with zero attached hydrogens (tertiary/aromatic N) is 2. The van der Waals surface area contributed by atoms with Crippen molar-refractivity contribution in [3.8, 4) is 5.69 Å². The fraction of sp³-hybridized carbons (Fsp3) is 0.342. The fourth-order valence-corrected chi connectivity index (χ4v) is 7.07. The predicted molar refractivity (Wildman–Crippen MR) is 176 cm³/mol. The van der Waals surface area contributed by atoms with Gasteiger partial charge in [0.1, 0.15) is 0 Å². The van der Waals surface area contributed by atoms with Gasteiger partial charge in [-0.25, -0.2) is 0 Å². The summed E-state index contributed by atoms with van der Waals surface area (Å²) in [6, 6.07) is 9.58. The average molecular weight is 653 g/mol. The number of halogens is 6. The fourth-order valence-electron chi connectivity index (χ4n) is 7.07. The van der Waals surface area contributed by atoms with E-state index in [9.17, 15) is 4.79 Å². The van der Waals surface area contributed by atoms with E-state index in [4.69, 9.17) is 0 Å². The third-order valence-corrected chi connectivity index (χ3v) is 9.19. The Hall–Kier alpha value is -4.27. The molecule has 0 atom stereocenters. The van der Waals surface area contributed by atoms with Gasteiger partial charge in [0.05, 0.1) is 0 Å². The van der Waals surface area contributed by atoms with Crippen molar-refractivity contribution in [1.29, 1.82) is 0 Å². The smallest absolute Gasteiger partial charge is 0.310 e. The van der Waals surface area contributed by atoms with Crippen LogP contribution < -0.4 is 10.7 Å². The van der Waals surface area contributed by atoms with E-state index in [-0.39, 0.29) is 33.0 Å². The summed E-state index contributed by atoms with van der Waals surface area (Å²) in [5, 5.41) is 1.07. The first-order chi connectivity index (χ1) is 21.4. The van der Waals surface area contributed by atoms with Crippen molar-refractivity contribution < 1.29 is 31.1 Å². The van der Waals surface area contributed by atoms with Crippen molar-refractivity contribution >= 4 is 35.5 Å². The number of alkyl halides is 6. The van der Waals surface area contributed by atoms with Crippen molar-refractivity contribution in [1.82, 2.24) is 9.47 Å². The molecule has 1 aliphatic heterocycles. The van der Waals surface area contributed by atoms with Crippen LogP contribution in [-0.2, 0) is 10.8 Å². The number of amides is 1. The first-order valence-electron chi connectivity index (χ1n) is 15.1. The van der Waals surface area contributed by atoms with Gasteiger partial charge in [-0.05, 0) is 86.1 Å². The van der Waals surface area contributed by atoms with E-state index < -0.39 is 40.3 Å². The lowest BCUT2D eigenvalue weighted by atomic mass is 9.72. The van der Waals surface area contributed by atoms with Crippen molar-refractivity contribution in [3.05, 3.63) is 105 Å². The molecule has 1 aromatic heterocycles. The molecule has 2 heterocycles. The highest BCUT2D eigenvalue weighted by Gasteiger charge is 2.72. The van der Waals surface area contributed by atoms with E-state index in [2.05, 4.69) is 40.5 Å². The SMILES string of the molecule is C=C1c2ccc(C(c3ccc4c(=C)n(-c5cc(C)c(C(C)(C)C)cc5C)c(=C)c4c3)(C(F)(F)F)C(F)(F)F)cc2C(=O)N1C(C)(C)C. The molecule has 0 fully saturated rings. The van der Waals surface area contributed by atoms with Crippen LogP contribution in [0.2, 0.25) is 0 Å². The number of benzene rings is 3. The molecule has 47 heavy (non-hydrogen) atoms. The number of fused-ring (bicyclic) bond motifs is 2. The molecule has 3 nitrogen and oxygen atoms in total. The molecule has 248 valence electrons. The summed E-state index contributed by atoms with van der Waals surface area (Å²) in [6.45, 7) is 27.4. The van der Waals surface area contributed by atoms with Gasteiger partial charge in [-0.1, -0.05) is 70.8 Å². The topological polar surface area (TPSA) is 25.2 Å². The lowest BCUT2D eigenvalue weighted by Crippen LogP contribution is -2.54. The van der Waals surface area contributed by atoms with E-state index in [1.54, 1.807) is 25.3 Å². The van der Waals surface area contributed by atoms with E-state index in [1.165, 1.54) is 11.0 Å². The van der Waals surface area contributed by atoms with Crippen LogP contribution in [0.1, 0.15) is 85.3 Å². The molecule has 1 aliphatic rings. The number of carbonyl (C=O) groups excluding carboxylic acids is 1. The summed E-state index contributed by atoms with van der Waals surface area (Å²) in [7, 11) is 0. The maximum absolute atomic E-state index is 15.2. The summed E-state index contributed by atoms with van der Waals surface area (Å²) >= 11 is 0. The standard InChI is InChI=1S/C38H38F6N2O/c1-20-17-32(21(2)16-31(20)34(6,7)8)45-22(3)27-14-12-25(18-29(27)23(45)4)36(37(39,40)41,38(42,43)44)26-13-15-28-24(5)46(35(9,10)11)33(47)30(28)19-26/h12-19H,3-5H2,1-2,6-11H3. The molecule has 3 aromatic carbocycles. The van der Waals surface area contributed by atoms with E-state index in [1.807, 2.05) is 26.0 Å². The molecule has 0 spiro atoms. The molecule has 0 saturated carbocycles. The lowest BCUT2D eigenvalue weighted by Gasteiger charge is -2.38. The zero-order chi connectivity index (χ0) is 35.4. The number of aryl methyl sites for hydroxylation is 2. The minimum atomic E-state index is -5.84. The van der Waals surface area contributed by atoms with Gasteiger partial charge >= 0.3 is 12.4 Å². The number of hydrogen-bond donors (Lipinski definition) is 0. The Morgan fingerprint density at radius 1 is 0.638 bits per heavy atom. The van der Waals surface area contributed by atoms with Crippen LogP contribution in [0.15, 0.2) is 55.1 Å². The largest absolute Gasteiger partial charge is 0.411 e. The van der Waals surface area contributed by atoms with Crippen LogP contribution in [0, 0.1) is 13.8 Å². The second-order valence-electron chi connectivity index (χ2n) is 14.5. The Kier molecular flexibility index (Phi) is 7.51. The number of rotatable bonds is 3. The average Bonchev–Trinajstić information content (AvgIpc) is 3.31. The zero-order valence-electron chi connectivity index (χ0n) is 27.8. The van der Waals surface area contributed by atoms with Gasteiger partial charge < -0.3 is 9.47 Å². The second-order valence-corrected chi connectivity index (χ2v) is 14.5. The Morgan fingerprint density at radius 3 is 1.70 bits per heavy atom. The van der Waals surface area contributed by atoms with Crippen LogP contribution in [0.25, 0.3) is 35.3 Å². The molecule has 0 unspecified atom stereocenters. The Bertz CT molecular complexity index is 2070. The van der Waals surface area contributed by atoms with Crippen molar-refractivity contribution in [3.63, 3.8) is 0 Å². The Morgan fingerprint density at radius 2 is 1.17 bits per heavy atom. The highest BCUT2D eigenvalue weighted by Crippen LogP contribution is 2.57. The summed E-state index contributed by atoms with van der Waals surface area (Å²) in [5.41, 5.74) is -3.83. The molecule has 0 N–H and O–H groups in total. The van der Waals surface area contributed by atoms with Gasteiger partial charge in [0.2, 0.25) is 5.41 Å². The van der Waals surface area contributed by atoms with Gasteiger partial charge in [-0.15, -0.1) is 0 Å². The molecule has 0 saturated heterocycles. The van der Waals surface area contributed by atoms with Crippen LogP contribution in [0.3, 0.4) is 0 Å². The summed E-state index contributed by atoms with van der Waals surface area (Å²) in [6.07, 6.45) is -11.7. The van der Waals surface area contributed by atoms with Gasteiger partial charge in [-0.2, -0.15) is 26.3 Å². The first-order valence-corrected chi connectivity index (χ1v) is 15.1. The lowest BCUT2D eigenvalue weighted by molar-refractivity contribution is -0.288. The third kappa shape index (κ3) is 4.92. The minimum absolute atomic E-state index is 0.104. The van der Waals surface area contributed by atoms with Crippen LogP contribution in [-0.4, -0.2) is 33.3 Å². The highest BCUT2D eigenvalue weighted by molar-refractivity contribution is 6.09. The molecule has 9 heteroatoms. The Labute approximate surface area is 270 Å². The second kappa shape index (κ2) is 10.4. The van der Waals surface area contributed by atoms with Crippen molar-refractivity contribution in [2.45, 2.75) is 84.1 Å². The molecule has 5 rings (SSSR count). The van der Waals surface area contributed by atoms with Crippen LogP contribution in [0.4, 0.5) is 26.3 Å². The Balaban J connectivity index is 1.80. The first kappa shape index (κ1) is 34.1. The van der Waals surface area contributed by atoms with Gasteiger partial charge in [0, 0.05) is 49.5 Å². The van der Waals surface area contributed by atoms with Crippen molar-refractivity contribution in [2.75, 3.05) is 0 Å². The summed E-state index contributed by atoms with van der Waals surface area (Å²) in [5.74, 6) is -0.713. The van der Waals surface area contributed by atoms with E-state index in [0.717, 1.165) is 41.0 Å². The highest BCUT2D eigenvalue weighted by atomic mass is 19.4. The van der Waals surface area contributed by atoms with Gasteiger partial charge in [0.15, 0.2) is 0 Å². The molecule has 0 bridgehead atoms. The molecule has 1 amide bonds. The van der Waals surface area contributed by atoms with E-state index in [0.29, 0.717) is 22.5 Å². The number of aromatic nitrogens is 1. The summed E-state index contributed by atoms with van der Waals surface area (Å²) < 4.78 is 93.2. The molecular formula is C38H38F6N2O. The predicted octanol–water partition coefficient (Wildman–Crippen LogP) is 9.00. The van der Waals surface area contributed by atoms with Gasteiger partial charge in [-0.3, -0.25) is 4.79 Å². The number of hydrogen-bond acceptors (Lipinski definition) is 1. The van der Waals surface area contributed by atoms with Crippen molar-refractivity contribution in [2.24, 2.45) is 0 Å². The van der Waals surface area contributed by atoms with E-state index >= 15 is 26.3 Å². The normalized spacial score (nSPS) is 14.8. The molecular weight excluding hydrogens is 614 g/mol. The molecule has 0 radical (unpaired) electrons. The molecule has 4 aromatic rings. The maximum atomic E-state index is 15.2. The van der Waals surface area contributed by atoms with Crippen LogP contribution in [0.5, 0.6) is 0 Å². The zero-order valence-corrected chi connectivity index (χ0v) is 27.8. The maximum Gasteiger partial charge on any atom is 0.411 e. The quantitative estimate of drug-likeness (QED) is 0.203. The minimum Gasteiger partial charge on any atom is -0.310 e. The summed E-state index contributed by atoms with van der Waals surface area (Å²) in [4.78, 5) is 14.7. The monoisotopic (exact) mass is 652 g/mol. The third-order valence-electron chi connectivity index (χ3n) is 9.19. The van der Waals surface area contributed by atoms with Gasteiger partial charge in [0.25, 0.3) is 5.91 Å². The van der Waals surface area contributed by atoms with Crippen LogP contribution >= 0.6 is 0 Å².